The Bertz CT molecular complexity index is 386. The second kappa shape index (κ2) is 5.74. The number of halogens is 1. The predicted molar refractivity (Wildman–Crippen MR) is 70.2 cm³/mol. The molecule has 1 aliphatic rings. The van der Waals surface area contributed by atoms with Gasteiger partial charge >= 0.3 is 0 Å². The lowest BCUT2D eigenvalue weighted by molar-refractivity contribution is 0.388. The van der Waals surface area contributed by atoms with Crippen LogP contribution in [0.1, 0.15) is 24.9 Å². The highest BCUT2D eigenvalue weighted by Crippen LogP contribution is 2.32. The second-order valence-corrected chi connectivity index (χ2v) is 5.49. The van der Waals surface area contributed by atoms with Gasteiger partial charge in [-0.05, 0) is 31.2 Å². The fraction of sp³-hybridized carbons (Fsp3) is 0.538. The van der Waals surface area contributed by atoms with E-state index < -0.39 is 0 Å². The van der Waals surface area contributed by atoms with Crippen molar-refractivity contribution in [3.63, 3.8) is 0 Å². The highest BCUT2D eigenvalue weighted by Gasteiger charge is 2.23. The third kappa shape index (κ3) is 2.93. The Morgan fingerprint density at radius 1 is 1.47 bits per heavy atom. The summed E-state index contributed by atoms with van der Waals surface area (Å²) >= 11 is 1.87. The van der Waals surface area contributed by atoms with Gasteiger partial charge in [0.2, 0.25) is 0 Å². The summed E-state index contributed by atoms with van der Waals surface area (Å²) in [6.07, 6.45) is 1.12. The van der Waals surface area contributed by atoms with E-state index >= 15 is 0 Å². The van der Waals surface area contributed by atoms with E-state index in [0.29, 0.717) is 17.4 Å². The topological polar surface area (TPSA) is 21.3 Å². The Hall–Kier alpha value is -0.740. The lowest BCUT2D eigenvalue weighted by Crippen LogP contribution is -2.31. The van der Waals surface area contributed by atoms with Gasteiger partial charge < -0.3 is 10.1 Å². The van der Waals surface area contributed by atoms with E-state index in [1.165, 1.54) is 6.07 Å². The Labute approximate surface area is 106 Å². The van der Waals surface area contributed by atoms with Gasteiger partial charge in [0.15, 0.2) is 0 Å². The SMILES string of the molecule is COc1cccc(F)c1C1CSCCC(C)N1. The molecule has 2 nitrogen and oxygen atoms in total. The average Bonchev–Trinajstić information content (AvgIpc) is 2.53. The van der Waals surface area contributed by atoms with Gasteiger partial charge in [-0.1, -0.05) is 6.07 Å². The van der Waals surface area contributed by atoms with Crippen LogP contribution in [0.15, 0.2) is 18.2 Å². The molecule has 2 unspecified atom stereocenters. The number of ether oxygens (including phenoxy) is 1. The molecule has 94 valence electrons. The van der Waals surface area contributed by atoms with Gasteiger partial charge in [-0.2, -0.15) is 11.8 Å². The number of hydrogen-bond acceptors (Lipinski definition) is 3. The Balaban J connectivity index is 2.31. The molecule has 0 aromatic heterocycles. The van der Waals surface area contributed by atoms with Crippen molar-refractivity contribution in [1.82, 2.24) is 5.32 Å². The summed E-state index contributed by atoms with van der Waals surface area (Å²) < 4.78 is 19.2. The summed E-state index contributed by atoms with van der Waals surface area (Å²) in [7, 11) is 1.59. The molecule has 1 N–H and O–H groups in total. The van der Waals surface area contributed by atoms with E-state index in [-0.39, 0.29) is 11.9 Å². The van der Waals surface area contributed by atoms with Gasteiger partial charge in [-0.3, -0.25) is 0 Å². The average molecular weight is 255 g/mol. The minimum absolute atomic E-state index is 0.0358. The van der Waals surface area contributed by atoms with E-state index in [1.807, 2.05) is 17.8 Å². The summed E-state index contributed by atoms with van der Waals surface area (Å²) in [5.41, 5.74) is 0.663. The van der Waals surface area contributed by atoms with Gasteiger partial charge in [-0.25, -0.2) is 4.39 Å². The first-order valence-electron chi connectivity index (χ1n) is 5.88. The standard InChI is InChI=1S/C13H18FNOS/c1-9-6-7-17-8-11(15-9)13-10(14)4-3-5-12(13)16-2/h3-5,9,11,15H,6-8H2,1-2H3. The van der Waals surface area contributed by atoms with Crippen molar-refractivity contribution >= 4 is 11.8 Å². The van der Waals surface area contributed by atoms with E-state index in [9.17, 15) is 4.39 Å². The van der Waals surface area contributed by atoms with Gasteiger partial charge in [0, 0.05) is 23.4 Å². The highest BCUT2D eigenvalue weighted by atomic mass is 32.2. The molecular weight excluding hydrogens is 237 g/mol. The quantitative estimate of drug-likeness (QED) is 0.878. The summed E-state index contributed by atoms with van der Waals surface area (Å²) in [5.74, 6) is 2.47. The molecule has 1 aliphatic heterocycles. The monoisotopic (exact) mass is 255 g/mol. The maximum absolute atomic E-state index is 14.0. The molecule has 0 saturated carbocycles. The van der Waals surface area contributed by atoms with Crippen LogP contribution in [0.3, 0.4) is 0 Å². The predicted octanol–water partition coefficient (Wildman–Crippen LogP) is 2.99. The number of methoxy groups -OCH3 is 1. The van der Waals surface area contributed by atoms with Crippen molar-refractivity contribution < 1.29 is 9.13 Å². The zero-order chi connectivity index (χ0) is 12.3. The molecule has 4 heteroatoms. The number of hydrogen-bond donors (Lipinski definition) is 1. The van der Waals surface area contributed by atoms with E-state index in [0.717, 1.165) is 17.9 Å². The first-order chi connectivity index (χ1) is 8.22. The van der Waals surface area contributed by atoms with Crippen LogP contribution in [0, 0.1) is 5.82 Å². The number of benzene rings is 1. The summed E-state index contributed by atoms with van der Waals surface area (Å²) in [6, 6.07) is 5.46. The van der Waals surface area contributed by atoms with Crippen LogP contribution in [-0.2, 0) is 0 Å². The lowest BCUT2D eigenvalue weighted by atomic mass is 10.0. The fourth-order valence-electron chi connectivity index (χ4n) is 2.14. The van der Waals surface area contributed by atoms with Gasteiger partial charge in [0.05, 0.1) is 7.11 Å². The third-order valence-electron chi connectivity index (χ3n) is 3.05. The Morgan fingerprint density at radius 3 is 3.06 bits per heavy atom. The number of nitrogens with one attached hydrogen (secondary N) is 1. The van der Waals surface area contributed by atoms with Crippen LogP contribution < -0.4 is 10.1 Å². The van der Waals surface area contributed by atoms with E-state index in [4.69, 9.17) is 4.74 Å². The molecule has 0 amide bonds. The first-order valence-corrected chi connectivity index (χ1v) is 7.04. The molecule has 1 aromatic carbocycles. The van der Waals surface area contributed by atoms with Crippen LogP contribution in [-0.4, -0.2) is 24.7 Å². The molecule has 0 radical (unpaired) electrons. The number of rotatable bonds is 2. The molecule has 0 aliphatic carbocycles. The van der Waals surface area contributed by atoms with Crippen LogP contribution in [0.25, 0.3) is 0 Å². The van der Waals surface area contributed by atoms with Crippen molar-refractivity contribution in [2.45, 2.75) is 25.4 Å². The molecular formula is C13H18FNOS. The molecule has 0 bridgehead atoms. The van der Waals surface area contributed by atoms with Crippen LogP contribution in [0.5, 0.6) is 5.75 Å². The maximum Gasteiger partial charge on any atom is 0.131 e. The van der Waals surface area contributed by atoms with E-state index in [2.05, 4.69) is 12.2 Å². The van der Waals surface area contributed by atoms with Gasteiger partial charge in [0.25, 0.3) is 0 Å². The number of thioether (sulfide) groups is 1. The molecule has 17 heavy (non-hydrogen) atoms. The van der Waals surface area contributed by atoms with Gasteiger partial charge in [0.1, 0.15) is 11.6 Å². The zero-order valence-corrected chi connectivity index (χ0v) is 11.0. The van der Waals surface area contributed by atoms with Crippen molar-refractivity contribution in [2.75, 3.05) is 18.6 Å². The Kier molecular flexibility index (Phi) is 4.29. The van der Waals surface area contributed by atoms with E-state index in [1.54, 1.807) is 13.2 Å². The smallest absolute Gasteiger partial charge is 0.131 e. The molecule has 1 aromatic rings. The summed E-state index contributed by atoms with van der Waals surface area (Å²) in [6.45, 7) is 2.15. The Morgan fingerprint density at radius 2 is 2.29 bits per heavy atom. The van der Waals surface area contributed by atoms with Gasteiger partial charge in [-0.15, -0.1) is 0 Å². The van der Waals surface area contributed by atoms with Crippen LogP contribution in [0.2, 0.25) is 0 Å². The van der Waals surface area contributed by atoms with Crippen molar-refractivity contribution in [3.8, 4) is 5.75 Å². The van der Waals surface area contributed by atoms with Crippen molar-refractivity contribution in [3.05, 3.63) is 29.6 Å². The molecule has 1 saturated heterocycles. The van der Waals surface area contributed by atoms with Crippen molar-refractivity contribution in [2.24, 2.45) is 0 Å². The maximum atomic E-state index is 14.0. The molecule has 2 atom stereocenters. The minimum atomic E-state index is -0.184. The lowest BCUT2D eigenvalue weighted by Gasteiger charge is -2.22. The van der Waals surface area contributed by atoms with Crippen LogP contribution >= 0.6 is 11.8 Å². The summed E-state index contributed by atoms with van der Waals surface area (Å²) in [4.78, 5) is 0. The fourth-order valence-corrected chi connectivity index (χ4v) is 3.32. The molecule has 1 heterocycles. The second-order valence-electron chi connectivity index (χ2n) is 4.34. The zero-order valence-electron chi connectivity index (χ0n) is 10.2. The summed E-state index contributed by atoms with van der Waals surface area (Å²) in [5, 5.41) is 3.47. The van der Waals surface area contributed by atoms with Crippen molar-refractivity contribution in [1.29, 1.82) is 0 Å². The molecule has 1 fully saturated rings. The molecule has 2 rings (SSSR count). The third-order valence-corrected chi connectivity index (χ3v) is 4.14. The minimum Gasteiger partial charge on any atom is -0.496 e. The van der Waals surface area contributed by atoms with Crippen LogP contribution in [0.4, 0.5) is 4.39 Å². The highest BCUT2D eigenvalue weighted by molar-refractivity contribution is 7.99. The molecule has 0 spiro atoms. The largest absolute Gasteiger partial charge is 0.496 e. The first kappa shape index (κ1) is 12.7. The normalized spacial score (nSPS) is 25.4.